The fraction of sp³-hybridized carbons (Fsp3) is 0.625. The molecule has 3 heterocycles. The molecule has 1 atom stereocenters. The average molecular weight is 272 g/mol. The van der Waals surface area contributed by atoms with E-state index in [1.54, 1.807) is 0 Å². The molecule has 2 aromatic rings. The van der Waals surface area contributed by atoms with Crippen LogP contribution in [0.1, 0.15) is 45.4 Å². The summed E-state index contributed by atoms with van der Waals surface area (Å²) in [5.41, 5.74) is 2.46. The number of nitrogens with one attached hydrogen (secondary N) is 1. The highest BCUT2D eigenvalue weighted by Crippen LogP contribution is 2.35. The lowest BCUT2D eigenvalue weighted by Gasteiger charge is -2.36. The van der Waals surface area contributed by atoms with Crippen molar-refractivity contribution in [3.05, 3.63) is 24.3 Å². The molecule has 1 aliphatic rings. The molecule has 1 unspecified atom stereocenters. The van der Waals surface area contributed by atoms with Gasteiger partial charge in [0.15, 0.2) is 0 Å². The maximum Gasteiger partial charge on any atom is 0.117 e. The number of imidazole rings is 1. The van der Waals surface area contributed by atoms with Crippen LogP contribution in [0.2, 0.25) is 0 Å². The fourth-order valence-electron chi connectivity index (χ4n) is 3.46. The molecule has 1 saturated heterocycles. The summed E-state index contributed by atoms with van der Waals surface area (Å²) in [5, 5.41) is 3.57. The summed E-state index contributed by atoms with van der Waals surface area (Å²) >= 11 is 0. The van der Waals surface area contributed by atoms with Gasteiger partial charge >= 0.3 is 0 Å². The van der Waals surface area contributed by atoms with E-state index in [2.05, 4.69) is 34.8 Å². The van der Waals surface area contributed by atoms with Gasteiger partial charge in [0.2, 0.25) is 0 Å². The topological polar surface area (TPSA) is 42.7 Å². The first-order chi connectivity index (χ1) is 9.80. The smallest absolute Gasteiger partial charge is 0.117 e. The summed E-state index contributed by atoms with van der Waals surface area (Å²) in [6.45, 7) is 7.74. The van der Waals surface area contributed by atoms with Crippen molar-refractivity contribution in [3.63, 3.8) is 0 Å². The second kappa shape index (κ2) is 5.52. The van der Waals surface area contributed by atoms with E-state index in [0.717, 1.165) is 38.0 Å². The van der Waals surface area contributed by atoms with Crippen molar-refractivity contribution in [2.75, 3.05) is 13.1 Å². The van der Waals surface area contributed by atoms with Crippen LogP contribution >= 0.6 is 0 Å². The number of hydrogen-bond acceptors (Lipinski definition) is 3. The second-order valence-corrected chi connectivity index (χ2v) is 5.87. The quantitative estimate of drug-likeness (QED) is 0.930. The van der Waals surface area contributed by atoms with Gasteiger partial charge in [-0.2, -0.15) is 0 Å². The van der Waals surface area contributed by atoms with Crippen molar-refractivity contribution in [2.24, 2.45) is 0 Å². The van der Waals surface area contributed by atoms with Gasteiger partial charge in [0.25, 0.3) is 0 Å². The van der Waals surface area contributed by atoms with E-state index in [0.29, 0.717) is 0 Å². The minimum absolute atomic E-state index is 0.187. The molecule has 0 amide bonds. The predicted octanol–water partition coefficient (Wildman–Crippen LogP) is 2.87. The zero-order valence-corrected chi connectivity index (χ0v) is 12.5. The molecule has 1 aliphatic heterocycles. The number of pyridine rings is 1. The molecule has 0 radical (unpaired) electrons. The van der Waals surface area contributed by atoms with E-state index in [1.807, 2.05) is 12.4 Å². The molecular formula is C16H24N4. The molecule has 3 rings (SSSR count). The Morgan fingerprint density at radius 2 is 2.30 bits per heavy atom. The molecule has 4 heteroatoms. The van der Waals surface area contributed by atoms with Crippen LogP contribution in [0.5, 0.6) is 0 Å². The zero-order chi connectivity index (χ0) is 14.0. The molecule has 0 aliphatic carbocycles. The van der Waals surface area contributed by atoms with Crippen LogP contribution in [0.3, 0.4) is 0 Å². The van der Waals surface area contributed by atoms with E-state index < -0.39 is 0 Å². The SMILES string of the molecule is CCCn1c(C2(CC)CCCNC2)nc2cnccc21. The fourth-order valence-corrected chi connectivity index (χ4v) is 3.46. The molecule has 0 aromatic carbocycles. The van der Waals surface area contributed by atoms with Crippen LogP contribution in [0.4, 0.5) is 0 Å². The summed E-state index contributed by atoms with van der Waals surface area (Å²) in [6, 6.07) is 2.10. The first kappa shape index (κ1) is 13.6. The number of nitrogens with zero attached hydrogens (tertiary/aromatic N) is 3. The molecule has 1 N–H and O–H groups in total. The molecule has 0 saturated carbocycles. The Labute approximate surface area is 120 Å². The van der Waals surface area contributed by atoms with Gasteiger partial charge in [-0.05, 0) is 38.3 Å². The molecule has 2 aromatic heterocycles. The third-order valence-corrected chi connectivity index (χ3v) is 4.62. The van der Waals surface area contributed by atoms with E-state index in [4.69, 9.17) is 4.98 Å². The summed E-state index contributed by atoms with van der Waals surface area (Å²) in [5.74, 6) is 1.26. The maximum atomic E-state index is 4.96. The number of aryl methyl sites for hydroxylation is 1. The summed E-state index contributed by atoms with van der Waals surface area (Å²) in [7, 11) is 0. The first-order valence-corrected chi connectivity index (χ1v) is 7.82. The summed E-state index contributed by atoms with van der Waals surface area (Å²) in [4.78, 5) is 9.19. The average Bonchev–Trinajstić information content (AvgIpc) is 2.88. The van der Waals surface area contributed by atoms with E-state index >= 15 is 0 Å². The van der Waals surface area contributed by atoms with Gasteiger partial charge in [-0.15, -0.1) is 0 Å². The van der Waals surface area contributed by atoms with Crippen LogP contribution in [0.25, 0.3) is 11.0 Å². The van der Waals surface area contributed by atoms with Crippen molar-refractivity contribution in [2.45, 2.75) is 51.5 Å². The van der Waals surface area contributed by atoms with Crippen molar-refractivity contribution >= 4 is 11.0 Å². The molecule has 0 spiro atoms. The third kappa shape index (κ3) is 2.12. The molecule has 4 nitrogen and oxygen atoms in total. The number of hydrogen-bond donors (Lipinski definition) is 1. The molecule has 108 valence electrons. The molecule has 20 heavy (non-hydrogen) atoms. The van der Waals surface area contributed by atoms with Gasteiger partial charge in [-0.1, -0.05) is 13.8 Å². The van der Waals surface area contributed by atoms with Gasteiger partial charge < -0.3 is 9.88 Å². The molecular weight excluding hydrogens is 248 g/mol. The number of rotatable bonds is 4. The number of aromatic nitrogens is 3. The monoisotopic (exact) mass is 272 g/mol. The molecule has 0 bridgehead atoms. The normalized spacial score (nSPS) is 23.3. The minimum Gasteiger partial charge on any atom is -0.327 e. The molecule has 1 fully saturated rings. The van der Waals surface area contributed by atoms with Crippen LogP contribution in [0.15, 0.2) is 18.5 Å². The van der Waals surface area contributed by atoms with Crippen LogP contribution in [0, 0.1) is 0 Å². The van der Waals surface area contributed by atoms with Crippen molar-refractivity contribution in [1.29, 1.82) is 0 Å². The van der Waals surface area contributed by atoms with Crippen molar-refractivity contribution in [3.8, 4) is 0 Å². The van der Waals surface area contributed by atoms with E-state index in [-0.39, 0.29) is 5.41 Å². The Kier molecular flexibility index (Phi) is 3.74. The lowest BCUT2D eigenvalue weighted by Crippen LogP contribution is -2.44. The first-order valence-electron chi connectivity index (χ1n) is 7.82. The van der Waals surface area contributed by atoms with Crippen molar-refractivity contribution in [1.82, 2.24) is 19.9 Å². The van der Waals surface area contributed by atoms with Crippen molar-refractivity contribution < 1.29 is 0 Å². The van der Waals surface area contributed by atoms with Gasteiger partial charge in [0.1, 0.15) is 11.3 Å². The zero-order valence-electron chi connectivity index (χ0n) is 12.5. The largest absolute Gasteiger partial charge is 0.327 e. The lowest BCUT2D eigenvalue weighted by atomic mass is 9.77. The third-order valence-electron chi connectivity index (χ3n) is 4.62. The highest BCUT2D eigenvalue weighted by molar-refractivity contribution is 5.75. The Morgan fingerprint density at radius 1 is 1.40 bits per heavy atom. The summed E-state index contributed by atoms with van der Waals surface area (Å²) < 4.78 is 2.42. The Hall–Kier alpha value is -1.42. The predicted molar refractivity (Wildman–Crippen MR) is 81.9 cm³/mol. The highest BCUT2D eigenvalue weighted by atomic mass is 15.1. The lowest BCUT2D eigenvalue weighted by molar-refractivity contribution is 0.279. The Morgan fingerprint density at radius 3 is 3.00 bits per heavy atom. The van der Waals surface area contributed by atoms with E-state index in [1.165, 1.54) is 24.2 Å². The summed E-state index contributed by atoms with van der Waals surface area (Å²) in [6.07, 6.45) is 8.51. The minimum atomic E-state index is 0.187. The Balaban J connectivity index is 2.15. The van der Waals surface area contributed by atoms with Crippen LogP contribution in [-0.2, 0) is 12.0 Å². The highest BCUT2D eigenvalue weighted by Gasteiger charge is 2.36. The van der Waals surface area contributed by atoms with Crippen LogP contribution < -0.4 is 5.32 Å². The van der Waals surface area contributed by atoms with Gasteiger partial charge in [0, 0.05) is 24.7 Å². The number of fused-ring (bicyclic) bond motifs is 1. The van der Waals surface area contributed by atoms with E-state index in [9.17, 15) is 0 Å². The van der Waals surface area contributed by atoms with Gasteiger partial charge in [0.05, 0.1) is 11.7 Å². The maximum absolute atomic E-state index is 4.96. The van der Waals surface area contributed by atoms with Crippen LogP contribution in [-0.4, -0.2) is 27.6 Å². The standard InChI is InChI=1S/C16H24N4/c1-3-10-20-14-6-9-17-11-13(14)19-15(20)16(4-2)7-5-8-18-12-16/h6,9,11,18H,3-5,7-8,10,12H2,1-2H3. The second-order valence-electron chi connectivity index (χ2n) is 5.87. The number of piperidine rings is 1. The van der Waals surface area contributed by atoms with Gasteiger partial charge in [-0.25, -0.2) is 4.98 Å². The van der Waals surface area contributed by atoms with Gasteiger partial charge in [-0.3, -0.25) is 4.98 Å². The Bertz CT molecular complexity index is 581.